The van der Waals surface area contributed by atoms with Crippen molar-refractivity contribution < 1.29 is 13.9 Å². The van der Waals surface area contributed by atoms with Crippen LogP contribution in [0, 0.1) is 0 Å². The second-order valence-electron chi connectivity index (χ2n) is 6.04. The molecular weight excluding hydrogens is 331 g/mol. The van der Waals surface area contributed by atoms with Crippen LogP contribution in [-0.2, 0) is 11.3 Å². The maximum atomic E-state index is 13.2. The van der Waals surface area contributed by atoms with Crippen molar-refractivity contribution in [3.05, 3.63) is 42.0 Å². The van der Waals surface area contributed by atoms with Crippen LogP contribution in [0.2, 0.25) is 0 Å². The number of carbonyl (C=O) groups is 1. The highest BCUT2D eigenvalue weighted by Gasteiger charge is 2.31. The monoisotopic (exact) mass is 352 g/mol. The molecule has 0 unspecified atom stereocenters. The van der Waals surface area contributed by atoms with Gasteiger partial charge in [0.05, 0.1) is 13.2 Å². The molecule has 0 aromatic heterocycles. The number of hydrogen-bond donors (Lipinski definition) is 1. The predicted molar refractivity (Wildman–Crippen MR) is 95.5 cm³/mol. The number of benzene rings is 2. The zero-order valence-electron chi connectivity index (χ0n) is 13.8. The van der Waals surface area contributed by atoms with Gasteiger partial charge in [-0.05, 0) is 34.5 Å². The van der Waals surface area contributed by atoms with Gasteiger partial charge in [-0.15, -0.1) is 12.4 Å². The number of methoxy groups -OCH3 is 1. The molecule has 1 saturated heterocycles. The highest BCUT2D eigenvalue weighted by Crippen LogP contribution is 2.22. The molecule has 24 heavy (non-hydrogen) atoms. The van der Waals surface area contributed by atoms with Crippen LogP contribution >= 0.6 is 12.4 Å². The van der Waals surface area contributed by atoms with Crippen molar-refractivity contribution in [3.63, 3.8) is 0 Å². The minimum atomic E-state index is -0.923. The molecule has 130 valence electrons. The standard InChI is InChI=1S/C18H21FN2O2.ClH/c1-21(18(22)17-9-15(19)10-20-17)11-12-3-4-14-8-16(23-2)6-5-13(14)7-12;/h3-8,15,17,20H,9-11H2,1-2H3;1H/t15-,17+;/m0./s1. The molecule has 1 N–H and O–H groups in total. The number of halogens is 2. The van der Waals surface area contributed by atoms with Crippen LogP contribution in [0.1, 0.15) is 12.0 Å². The van der Waals surface area contributed by atoms with Crippen LogP contribution in [0.15, 0.2) is 36.4 Å². The molecule has 0 bridgehead atoms. The molecule has 0 aliphatic carbocycles. The van der Waals surface area contributed by atoms with Crippen molar-refractivity contribution in [2.24, 2.45) is 0 Å². The van der Waals surface area contributed by atoms with E-state index in [2.05, 4.69) is 11.4 Å². The lowest BCUT2D eigenvalue weighted by molar-refractivity contribution is -0.132. The Morgan fingerprint density at radius 2 is 2.00 bits per heavy atom. The zero-order valence-corrected chi connectivity index (χ0v) is 14.6. The second kappa shape index (κ2) is 7.81. The summed E-state index contributed by atoms with van der Waals surface area (Å²) in [5.41, 5.74) is 1.05. The quantitative estimate of drug-likeness (QED) is 0.920. The first-order chi connectivity index (χ1) is 11.1. The summed E-state index contributed by atoms with van der Waals surface area (Å²) in [5.74, 6) is 0.769. The normalized spacial score (nSPS) is 19.8. The number of nitrogens with one attached hydrogen (secondary N) is 1. The molecule has 2 aromatic carbocycles. The summed E-state index contributed by atoms with van der Waals surface area (Å²) in [5, 5.41) is 5.14. The van der Waals surface area contributed by atoms with Gasteiger partial charge in [-0.25, -0.2) is 4.39 Å². The van der Waals surface area contributed by atoms with E-state index in [-0.39, 0.29) is 31.3 Å². The molecule has 0 spiro atoms. The van der Waals surface area contributed by atoms with Gasteiger partial charge in [-0.3, -0.25) is 4.79 Å². The molecule has 3 rings (SSSR count). The van der Waals surface area contributed by atoms with E-state index in [4.69, 9.17) is 4.74 Å². The van der Waals surface area contributed by atoms with Gasteiger partial charge in [0, 0.05) is 26.6 Å². The fourth-order valence-corrected chi connectivity index (χ4v) is 3.00. The highest BCUT2D eigenvalue weighted by molar-refractivity contribution is 5.86. The van der Waals surface area contributed by atoms with E-state index in [0.717, 1.165) is 22.1 Å². The van der Waals surface area contributed by atoms with Gasteiger partial charge in [0.25, 0.3) is 0 Å². The molecule has 1 aliphatic rings. The topological polar surface area (TPSA) is 41.6 Å². The Morgan fingerprint density at radius 3 is 2.67 bits per heavy atom. The molecule has 2 aromatic rings. The maximum Gasteiger partial charge on any atom is 0.239 e. The molecule has 2 atom stereocenters. The lowest BCUT2D eigenvalue weighted by atomic mass is 10.1. The molecule has 0 radical (unpaired) electrons. The summed E-state index contributed by atoms with van der Waals surface area (Å²) >= 11 is 0. The first-order valence-electron chi connectivity index (χ1n) is 7.76. The molecule has 1 heterocycles. The molecule has 1 fully saturated rings. The van der Waals surface area contributed by atoms with Gasteiger partial charge in [-0.1, -0.05) is 18.2 Å². The fraction of sp³-hybridized carbons (Fsp3) is 0.389. The second-order valence-corrected chi connectivity index (χ2v) is 6.04. The molecule has 6 heteroatoms. The zero-order chi connectivity index (χ0) is 16.4. The van der Waals surface area contributed by atoms with Crippen LogP contribution in [0.4, 0.5) is 4.39 Å². The first kappa shape index (κ1) is 18.5. The Balaban J connectivity index is 0.00000208. The van der Waals surface area contributed by atoms with Crippen LogP contribution in [0.5, 0.6) is 5.75 Å². The Labute approximate surface area is 147 Å². The van der Waals surface area contributed by atoms with Crippen molar-refractivity contribution in [2.75, 3.05) is 20.7 Å². The van der Waals surface area contributed by atoms with Crippen LogP contribution < -0.4 is 10.1 Å². The third kappa shape index (κ3) is 3.97. The largest absolute Gasteiger partial charge is 0.497 e. The van der Waals surface area contributed by atoms with Crippen LogP contribution in [-0.4, -0.2) is 43.7 Å². The molecule has 1 amide bonds. The summed E-state index contributed by atoms with van der Waals surface area (Å²) < 4.78 is 18.4. The number of carbonyl (C=O) groups excluding carboxylic acids is 1. The lowest BCUT2D eigenvalue weighted by Crippen LogP contribution is -2.41. The van der Waals surface area contributed by atoms with E-state index in [1.165, 1.54) is 0 Å². The summed E-state index contributed by atoms with van der Waals surface area (Å²) in [6, 6.07) is 11.6. The minimum Gasteiger partial charge on any atom is -0.497 e. The number of alkyl halides is 1. The molecule has 1 aliphatic heterocycles. The molecular formula is C18H22ClFN2O2. The summed E-state index contributed by atoms with van der Waals surface area (Å²) in [7, 11) is 3.41. The third-order valence-electron chi connectivity index (χ3n) is 4.28. The third-order valence-corrected chi connectivity index (χ3v) is 4.28. The summed E-state index contributed by atoms with van der Waals surface area (Å²) in [6.07, 6.45) is -0.659. The number of amides is 1. The number of likely N-dealkylation sites (N-methyl/N-ethyl adjacent to an activating group) is 1. The van der Waals surface area contributed by atoms with Crippen molar-refractivity contribution in [1.29, 1.82) is 0 Å². The Bertz CT molecular complexity index is 725. The Morgan fingerprint density at radius 1 is 1.29 bits per heavy atom. The molecule has 4 nitrogen and oxygen atoms in total. The average Bonchev–Trinajstić information content (AvgIpc) is 3.00. The minimum absolute atomic E-state index is 0. The van der Waals surface area contributed by atoms with E-state index in [1.54, 1.807) is 19.1 Å². The predicted octanol–water partition coefficient (Wildman–Crippen LogP) is 2.93. The van der Waals surface area contributed by atoms with E-state index in [9.17, 15) is 9.18 Å². The van der Waals surface area contributed by atoms with Gasteiger partial charge >= 0.3 is 0 Å². The highest BCUT2D eigenvalue weighted by atomic mass is 35.5. The van der Waals surface area contributed by atoms with E-state index >= 15 is 0 Å². The number of hydrogen-bond acceptors (Lipinski definition) is 3. The first-order valence-corrected chi connectivity index (χ1v) is 7.76. The Hall–Kier alpha value is -1.85. The SMILES string of the molecule is COc1ccc2cc(CN(C)C(=O)[C@H]3C[C@H](F)CN3)ccc2c1.Cl. The lowest BCUT2D eigenvalue weighted by Gasteiger charge is -2.21. The van der Waals surface area contributed by atoms with Gasteiger partial charge < -0.3 is 15.0 Å². The van der Waals surface area contributed by atoms with Crippen molar-refractivity contribution in [3.8, 4) is 5.75 Å². The number of rotatable bonds is 4. The smallest absolute Gasteiger partial charge is 0.239 e. The van der Waals surface area contributed by atoms with Gasteiger partial charge in [0.2, 0.25) is 5.91 Å². The maximum absolute atomic E-state index is 13.2. The Kier molecular flexibility index (Phi) is 6.02. The van der Waals surface area contributed by atoms with Crippen molar-refractivity contribution >= 4 is 29.1 Å². The molecule has 0 saturated carbocycles. The fourth-order valence-electron chi connectivity index (χ4n) is 3.00. The summed E-state index contributed by atoms with van der Waals surface area (Å²) in [4.78, 5) is 14.0. The van der Waals surface area contributed by atoms with Crippen molar-refractivity contribution in [2.45, 2.75) is 25.2 Å². The van der Waals surface area contributed by atoms with E-state index in [0.29, 0.717) is 6.54 Å². The van der Waals surface area contributed by atoms with Gasteiger partial charge in [-0.2, -0.15) is 0 Å². The number of nitrogens with zero attached hydrogens (tertiary/aromatic N) is 1. The van der Waals surface area contributed by atoms with Crippen LogP contribution in [0.25, 0.3) is 10.8 Å². The van der Waals surface area contributed by atoms with Crippen LogP contribution in [0.3, 0.4) is 0 Å². The van der Waals surface area contributed by atoms with E-state index < -0.39 is 12.2 Å². The van der Waals surface area contributed by atoms with Crippen molar-refractivity contribution in [1.82, 2.24) is 10.2 Å². The van der Waals surface area contributed by atoms with Gasteiger partial charge in [0.1, 0.15) is 11.9 Å². The average molecular weight is 353 g/mol. The number of fused-ring (bicyclic) bond motifs is 1. The number of ether oxygens (including phenoxy) is 1. The summed E-state index contributed by atoms with van der Waals surface area (Å²) in [6.45, 7) is 0.776. The van der Waals surface area contributed by atoms with Gasteiger partial charge in [0.15, 0.2) is 0 Å². The van der Waals surface area contributed by atoms with E-state index in [1.807, 2.05) is 30.3 Å².